The molecule has 4 heteroatoms. The molecule has 2 N–H and O–H groups in total. The zero-order valence-electron chi connectivity index (χ0n) is 14.8. The molecule has 1 amide bonds. The van der Waals surface area contributed by atoms with E-state index in [1.54, 1.807) is 12.0 Å². The molecule has 0 bridgehead atoms. The average Bonchev–Trinajstić information content (AvgIpc) is 2.49. The normalized spacial score (nSPS) is 11.4. The molecule has 0 saturated heterocycles. The number of carbonyl (C=O) groups is 1. The van der Waals surface area contributed by atoms with Crippen molar-refractivity contribution in [2.24, 2.45) is 11.1 Å². The molecule has 4 nitrogen and oxygen atoms in total. The van der Waals surface area contributed by atoms with E-state index in [9.17, 15) is 4.79 Å². The summed E-state index contributed by atoms with van der Waals surface area (Å²) in [6.45, 7) is 9.10. The van der Waals surface area contributed by atoms with Crippen LogP contribution in [0.25, 0.3) is 0 Å². The van der Waals surface area contributed by atoms with Gasteiger partial charge in [0, 0.05) is 20.1 Å². The van der Waals surface area contributed by atoms with E-state index in [0.717, 1.165) is 35.3 Å². The van der Waals surface area contributed by atoms with Crippen LogP contribution in [0, 0.1) is 19.3 Å². The monoisotopic (exact) mass is 306 g/mol. The van der Waals surface area contributed by atoms with Gasteiger partial charge in [0.1, 0.15) is 5.75 Å². The topological polar surface area (TPSA) is 55.6 Å². The van der Waals surface area contributed by atoms with Gasteiger partial charge in [-0.05, 0) is 43.4 Å². The van der Waals surface area contributed by atoms with Crippen LogP contribution in [0.15, 0.2) is 12.1 Å². The standard InChI is InChI=1S/C18H30N2O2/c1-7-18(8-2,12-19)17(21)20(5)11-15-9-13(3)16(22-6)14(4)10-15/h9-10H,7-8,11-12,19H2,1-6H3. The smallest absolute Gasteiger partial charge is 0.230 e. The van der Waals surface area contributed by atoms with Crippen molar-refractivity contribution in [2.75, 3.05) is 20.7 Å². The van der Waals surface area contributed by atoms with Crippen LogP contribution in [0.4, 0.5) is 0 Å². The van der Waals surface area contributed by atoms with Crippen LogP contribution in [-0.2, 0) is 11.3 Å². The zero-order chi connectivity index (χ0) is 16.9. The Morgan fingerprint density at radius 3 is 2.09 bits per heavy atom. The summed E-state index contributed by atoms with van der Waals surface area (Å²) in [5.41, 5.74) is 8.74. The lowest BCUT2D eigenvalue weighted by Crippen LogP contribution is -2.45. The van der Waals surface area contributed by atoms with Gasteiger partial charge in [-0.25, -0.2) is 0 Å². The molecular formula is C18H30N2O2. The Labute approximate surface area is 134 Å². The van der Waals surface area contributed by atoms with Crippen molar-refractivity contribution in [3.8, 4) is 5.75 Å². The Hall–Kier alpha value is -1.55. The Kier molecular flexibility index (Phi) is 6.42. The Morgan fingerprint density at radius 1 is 1.23 bits per heavy atom. The van der Waals surface area contributed by atoms with Crippen LogP contribution in [0.1, 0.15) is 43.4 Å². The zero-order valence-corrected chi connectivity index (χ0v) is 14.8. The lowest BCUT2D eigenvalue weighted by atomic mass is 9.81. The maximum atomic E-state index is 12.8. The Balaban J connectivity index is 2.97. The molecule has 0 aliphatic carbocycles. The number of carbonyl (C=O) groups excluding carboxylic acids is 1. The van der Waals surface area contributed by atoms with Crippen LogP contribution in [0.2, 0.25) is 0 Å². The molecular weight excluding hydrogens is 276 g/mol. The Morgan fingerprint density at radius 2 is 1.73 bits per heavy atom. The van der Waals surface area contributed by atoms with Crippen LogP contribution in [-0.4, -0.2) is 31.5 Å². The van der Waals surface area contributed by atoms with E-state index >= 15 is 0 Å². The van der Waals surface area contributed by atoms with E-state index in [-0.39, 0.29) is 5.91 Å². The molecule has 0 heterocycles. The molecule has 0 atom stereocenters. The lowest BCUT2D eigenvalue weighted by Gasteiger charge is -2.33. The number of hydrogen-bond donors (Lipinski definition) is 1. The summed E-state index contributed by atoms with van der Waals surface area (Å²) in [6, 6.07) is 4.16. The highest BCUT2D eigenvalue weighted by molar-refractivity contribution is 5.82. The quantitative estimate of drug-likeness (QED) is 0.842. The molecule has 0 radical (unpaired) electrons. The first-order valence-electron chi connectivity index (χ1n) is 7.94. The fourth-order valence-electron chi connectivity index (χ4n) is 3.13. The molecule has 0 aromatic heterocycles. The third kappa shape index (κ3) is 3.61. The summed E-state index contributed by atoms with van der Waals surface area (Å²) in [5, 5.41) is 0. The molecule has 22 heavy (non-hydrogen) atoms. The van der Waals surface area contributed by atoms with Gasteiger partial charge in [-0.2, -0.15) is 0 Å². The van der Waals surface area contributed by atoms with Crippen molar-refractivity contribution >= 4 is 5.91 Å². The van der Waals surface area contributed by atoms with Crippen molar-refractivity contribution in [3.63, 3.8) is 0 Å². The van der Waals surface area contributed by atoms with Gasteiger partial charge in [0.25, 0.3) is 0 Å². The molecule has 0 spiro atoms. The van der Waals surface area contributed by atoms with Gasteiger partial charge in [-0.15, -0.1) is 0 Å². The summed E-state index contributed by atoms with van der Waals surface area (Å²) in [4.78, 5) is 14.6. The fraction of sp³-hybridized carbons (Fsp3) is 0.611. The van der Waals surface area contributed by atoms with Gasteiger partial charge in [0.2, 0.25) is 5.91 Å². The minimum Gasteiger partial charge on any atom is -0.496 e. The molecule has 0 unspecified atom stereocenters. The summed E-state index contributed by atoms with van der Waals surface area (Å²) in [6.07, 6.45) is 1.54. The van der Waals surface area contributed by atoms with Gasteiger partial charge in [0.15, 0.2) is 0 Å². The van der Waals surface area contributed by atoms with Crippen molar-refractivity contribution in [1.82, 2.24) is 4.90 Å². The first kappa shape index (κ1) is 18.5. The number of amides is 1. The summed E-state index contributed by atoms with van der Waals surface area (Å²) >= 11 is 0. The van der Waals surface area contributed by atoms with Crippen LogP contribution >= 0.6 is 0 Å². The largest absolute Gasteiger partial charge is 0.496 e. The minimum atomic E-state index is -0.439. The van der Waals surface area contributed by atoms with E-state index in [1.807, 2.05) is 34.7 Å². The van der Waals surface area contributed by atoms with E-state index in [4.69, 9.17) is 10.5 Å². The molecule has 1 rings (SSSR count). The first-order chi connectivity index (χ1) is 10.3. The second kappa shape index (κ2) is 7.63. The number of nitrogens with two attached hydrogens (primary N) is 1. The summed E-state index contributed by atoms with van der Waals surface area (Å²) in [7, 11) is 3.54. The van der Waals surface area contributed by atoms with Crippen molar-refractivity contribution in [3.05, 3.63) is 28.8 Å². The molecule has 124 valence electrons. The maximum absolute atomic E-state index is 12.8. The van der Waals surface area contributed by atoms with Crippen LogP contribution in [0.5, 0.6) is 5.75 Å². The number of hydrogen-bond acceptors (Lipinski definition) is 3. The van der Waals surface area contributed by atoms with Crippen molar-refractivity contribution in [1.29, 1.82) is 0 Å². The van der Waals surface area contributed by atoms with E-state index in [1.165, 1.54) is 0 Å². The highest BCUT2D eigenvalue weighted by atomic mass is 16.5. The van der Waals surface area contributed by atoms with Gasteiger partial charge < -0.3 is 15.4 Å². The predicted octanol–water partition coefficient (Wildman–Crippen LogP) is 3.04. The first-order valence-corrected chi connectivity index (χ1v) is 7.94. The van der Waals surface area contributed by atoms with Gasteiger partial charge in [0.05, 0.1) is 12.5 Å². The molecule has 0 fully saturated rings. The molecule has 0 aliphatic rings. The third-order valence-electron chi connectivity index (χ3n) is 4.69. The third-order valence-corrected chi connectivity index (χ3v) is 4.69. The number of methoxy groups -OCH3 is 1. The number of benzene rings is 1. The van der Waals surface area contributed by atoms with E-state index in [2.05, 4.69) is 12.1 Å². The van der Waals surface area contributed by atoms with Gasteiger partial charge in [-0.1, -0.05) is 26.0 Å². The number of ether oxygens (including phenoxy) is 1. The van der Waals surface area contributed by atoms with Crippen LogP contribution in [0.3, 0.4) is 0 Å². The minimum absolute atomic E-state index is 0.131. The van der Waals surface area contributed by atoms with Crippen LogP contribution < -0.4 is 10.5 Å². The van der Waals surface area contributed by atoms with Gasteiger partial charge >= 0.3 is 0 Å². The number of aryl methyl sites for hydroxylation is 2. The number of nitrogens with zero attached hydrogens (tertiary/aromatic N) is 1. The van der Waals surface area contributed by atoms with Crippen molar-refractivity contribution < 1.29 is 9.53 Å². The second-order valence-electron chi connectivity index (χ2n) is 6.12. The highest BCUT2D eigenvalue weighted by Crippen LogP contribution is 2.29. The SMILES string of the molecule is CCC(CC)(CN)C(=O)N(C)Cc1cc(C)c(OC)c(C)c1. The molecule has 0 aliphatic heterocycles. The second-order valence-corrected chi connectivity index (χ2v) is 6.12. The summed E-state index contributed by atoms with van der Waals surface area (Å²) in [5.74, 6) is 1.04. The molecule has 1 aromatic rings. The number of rotatable bonds is 7. The van der Waals surface area contributed by atoms with Crippen molar-refractivity contribution in [2.45, 2.75) is 47.1 Å². The van der Waals surface area contributed by atoms with Gasteiger partial charge in [-0.3, -0.25) is 4.79 Å². The average molecular weight is 306 g/mol. The highest BCUT2D eigenvalue weighted by Gasteiger charge is 2.35. The molecule has 1 aromatic carbocycles. The Bertz CT molecular complexity index is 491. The fourth-order valence-corrected chi connectivity index (χ4v) is 3.13. The lowest BCUT2D eigenvalue weighted by molar-refractivity contribution is -0.141. The molecule has 0 saturated carbocycles. The predicted molar refractivity (Wildman–Crippen MR) is 91.0 cm³/mol. The maximum Gasteiger partial charge on any atom is 0.230 e. The van der Waals surface area contributed by atoms with E-state index < -0.39 is 5.41 Å². The summed E-state index contributed by atoms with van der Waals surface area (Å²) < 4.78 is 5.39. The van der Waals surface area contributed by atoms with E-state index in [0.29, 0.717) is 13.1 Å².